The summed E-state index contributed by atoms with van der Waals surface area (Å²) in [5.74, 6) is -1.73. The number of hydrogen-bond donors (Lipinski definition) is 0. The number of piperidine rings is 1. The molecule has 8 nitrogen and oxygen atoms in total. The number of aromatic nitrogens is 4. The molecular weight excluding hydrogens is 600 g/mol. The van der Waals surface area contributed by atoms with Crippen LogP contribution in [-0.4, -0.2) is 38.0 Å². The topological polar surface area (TPSA) is 90.9 Å². The van der Waals surface area contributed by atoms with Gasteiger partial charge >= 0.3 is 12.4 Å². The molecule has 1 amide bonds. The van der Waals surface area contributed by atoms with Crippen molar-refractivity contribution in [2.45, 2.75) is 57.2 Å². The lowest BCUT2D eigenvalue weighted by Gasteiger charge is -2.39. The zero-order valence-electron chi connectivity index (χ0n) is 23.7. The van der Waals surface area contributed by atoms with Crippen molar-refractivity contribution in [2.24, 2.45) is 5.92 Å². The van der Waals surface area contributed by atoms with Crippen LogP contribution in [-0.2, 0) is 23.7 Å². The predicted molar refractivity (Wildman–Crippen MR) is 150 cm³/mol. The van der Waals surface area contributed by atoms with E-state index in [9.17, 15) is 36.4 Å². The van der Waals surface area contributed by atoms with Crippen molar-refractivity contribution in [2.75, 3.05) is 9.80 Å². The second kappa shape index (κ2) is 11.2. The smallest absolute Gasteiger partial charge is 0.340 e. The van der Waals surface area contributed by atoms with Gasteiger partial charge in [0, 0.05) is 11.7 Å². The Bertz CT molecular complexity index is 1780. The van der Waals surface area contributed by atoms with Crippen molar-refractivity contribution in [3.63, 3.8) is 0 Å². The molecule has 3 heterocycles. The van der Waals surface area contributed by atoms with E-state index in [1.165, 1.54) is 20.6 Å². The van der Waals surface area contributed by atoms with Crippen LogP contribution in [0.3, 0.4) is 0 Å². The Morgan fingerprint density at radius 1 is 1.02 bits per heavy atom. The summed E-state index contributed by atoms with van der Waals surface area (Å²) in [7, 11) is 0. The van der Waals surface area contributed by atoms with E-state index in [4.69, 9.17) is 0 Å². The van der Waals surface area contributed by atoms with Gasteiger partial charge in [0.15, 0.2) is 0 Å². The molecule has 3 atom stereocenters. The average molecular weight is 626 g/mol. The zero-order chi connectivity index (χ0) is 32.1. The van der Waals surface area contributed by atoms with Crippen LogP contribution in [0.1, 0.15) is 47.3 Å². The van der Waals surface area contributed by atoms with Crippen molar-refractivity contribution < 1.29 is 31.1 Å². The summed E-state index contributed by atoms with van der Waals surface area (Å²) in [5.41, 5.74) is -2.17. The normalized spacial score (nSPS) is 19.5. The minimum absolute atomic E-state index is 0.0776. The molecule has 0 radical (unpaired) electrons. The number of carbonyl (C=O) groups is 1. The number of fused-ring (bicyclic) bond motifs is 2. The molecule has 2 fully saturated rings. The number of aryl methyl sites for hydroxylation is 1. The number of rotatable bonds is 6. The molecule has 1 aliphatic carbocycles. The molecule has 45 heavy (non-hydrogen) atoms. The van der Waals surface area contributed by atoms with E-state index in [0.717, 1.165) is 11.3 Å². The number of nitrogens with zero attached hydrogens (tertiary/aromatic N) is 7. The summed E-state index contributed by atoms with van der Waals surface area (Å²) in [6.45, 7) is 1.75. The Kier molecular flexibility index (Phi) is 7.50. The van der Waals surface area contributed by atoms with Crippen LogP contribution < -0.4 is 9.80 Å². The highest BCUT2D eigenvalue weighted by atomic mass is 19.4. The van der Waals surface area contributed by atoms with Gasteiger partial charge in [0.2, 0.25) is 5.91 Å². The number of nitriles is 1. The van der Waals surface area contributed by atoms with Gasteiger partial charge in [0.1, 0.15) is 34.9 Å². The third-order valence-electron chi connectivity index (χ3n) is 8.25. The molecule has 2 aliphatic rings. The molecule has 232 valence electrons. The van der Waals surface area contributed by atoms with Crippen molar-refractivity contribution in [1.29, 1.82) is 5.26 Å². The van der Waals surface area contributed by atoms with E-state index < -0.39 is 53.0 Å². The van der Waals surface area contributed by atoms with E-state index in [1.54, 1.807) is 24.4 Å². The van der Waals surface area contributed by atoms with Gasteiger partial charge in [0.25, 0.3) is 0 Å². The molecule has 14 heteroatoms. The fourth-order valence-corrected chi connectivity index (χ4v) is 6.30. The summed E-state index contributed by atoms with van der Waals surface area (Å²) < 4.78 is 85.1. The van der Waals surface area contributed by atoms with E-state index in [2.05, 4.69) is 15.3 Å². The van der Waals surface area contributed by atoms with Crippen LogP contribution in [0.4, 0.5) is 37.8 Å². The monoisotopic (exact) mass is 625 g/mol. The highest BCUT2D eigenvalue weighted by Gasteiger charge is 2.53. The summed E-state index contributed by atoms with van der Waals surface area (Å²) in [6.07, 6.45) is -7.53. The molecule has 0 spiro atoms. The standard InChI is InChI=1S/C31H25F6N7O/c1-18-6-5-9-22(12-18)42(16-20-17-43(41-40-20)21-7-3-2-4-8-21)29(45)27-19-10-11-23(13-19)44(27)28-24(15-38)25(30(32,33)34)14-26(39-28)31(35,36)37/h2-9,12,14,17,19,23,27H,10-11,13,16H2,1H3/t19-,23+,27-/m0/s1. The van der Waals surface area contributed by atoms with Gasteiger partial charge in [-0.25, -0.2) is 9.67 Å². The van der Waals surface area contributed by atoms with Crippen molar-refractivity contribution in [3.8, 4) is 11.8 Å². The van der Waals surface area contributed by atoms with Gasteiger partial charge in [0.05, 0.1) is 24.0 Å². The molecule has 2 aromatic carbocycles. The molecule has 2 aromatic heterocycles. The molecule has 2 bridgehead atoms. The van der Waals surface area contributed by atoms with Crippen molar-refractivity contribution >= 4 is 17.4 Å². The Labute approximate surface area is 253 Å². The first-order valence-electron chi connectivity index (χ1n) is 14.1. The number of hydrogen-bond acceptors (Lipinski definition) is 6. The Hall–Kier alpha value is -4.93. The first-order valence-corrected chi connectivity index (χ1v) is 14.1. The number of alkyl halides is 6. The fourth-order valence-electron chi connectivity index (χ4n) is 6.30. The summed E-state index contributed by atoms with van der Waals surface area (Å²) >= 11 is 0. The molecule has 1 saturated heterocycles. The summed E-state index contributed by atoms with van der Waals surface area (Å²) in [6, 6.07) is 15.7. The van der Waals surface area contributed by atoms with Crippen LogP contribution in [0, 0.1) is 24.2 Å². The second-order valence-electron chi connectivity index (χ2n) is 11.2. The van der Waals surface area contributed by atoms with Crippen LogP contribution >= 0.6 is 0 Å². The first-order chi connectivity index (χ1) is 21.3. The minimum atomic E-state index is -5.26. The van der Waals surface area contributed by atoms with E-state index in [-0.39, 0.29) is 18.5 Å². The Morgan fingerprint density at radius 2 is 1.78 bits per heavy atom. The van der Waals surface area contributed by atoms with E-state index >= 15 is 0 Å². The average Bonchev–Trinajstić information content (AvgIpc) is 3.75. The van der Waals surface area contributed by atoms with Gasteiger partial charge in [-0.15, -0.1) is 5.10 Å². The van der Waals surface area contributed by atoms with E-state index in [0.29, 0.717) is 30.6 Å². The molecule has 0 N–H and O–H groups in total. The zero-order valence-corrected chi connectivity index (χ0v) is 23.7. The maximum absolute atomic E-state index is 14.5. The van der Waals surface area contributed by atoms with Gasteiger partial charge in [-0.3, -0.25) is 4.79 Å². The van der Waals surface area contributed by atoms with Gasteiger partial charge < -0.3 is 9.80 Å². The molecule has 4 aromatic rings. The number of para-hydroxylation sites is 1. The Balaban J connectivity index is 1.44. The number of halogens is 6. The lowest BCUT2D eigenvalue weighted by Crippen LogP contribution is -2.52. The number of amides is 1. The van der Waals surface area contributed by atoms with Crippen LogP contribution in [0.25, 0.3) is 5.69 Å². The molecule has 0 unspecified atom stereocenters. The third-order valence-corrected chi connectivity index (χ3v) is 8.25. The third kappa shape index (κ3) is 5.70. The van der Waals surface area contributed by atoms with Gasteiger partial charge in [-0.1, -0.05) is 35.5 Å². The maximum atomic E-state index is 14.5. The summed E-state index contributed by atoms with van der Waals surface area (Å²) in [4.78, 5) is 20.7. The lowest BCUT2D eigenvalue weighted by molar-refractivity contribution is -0.145. The van der Waals surface area contributed by atoms with Crippen molar-refractivity contribution in [1.82, 2.24) is 20.0 Å². The molecule has 1 saturated carbocycles. The van der Waals surface area contributed by atoms with Gasteiger partial charge in [-0.05, 0) is 68.0 Å². The summed E-state index contributed by atoms with van der Waals surface area (Å²) in [5, 5.41) is 18.2. The number of carbonyl (C=O) groups excluding carboxylic acids is 1. The lowest BCUT2D eigenvalue weighted by atomic mass is 9.95. The molecule has 1 aliphatic heterocycles. The molecular formula is C31H25F6N7O. The number of anilines is 2. The predicted octanol–water partition coefficient (Wildman–Crippen LogP) is 6.47. The Morgan fingerprint density at radius 3 is 2.44 bits per heavy atom. The SMILES string of the molecule is Cc1cccc(N(Cc2cn(-c3ccccc3)nn2)C(=O)[C@@H]2[C@H]3CC[C@H](C3)N2c2nc(C(F)(F)F)cc(C(F)(F)F)c2C#N)c1. The van der Waals surface area contributed by atoms with E-state index in [1.807, 2.05) is 43.3 Å². The highest BCUT2D eigenvalue weighted by Crippen LogP contribution is 2.48. The quantitative estimate of drug-likeness (QED) is 0.228. The fraction of sp³-hybridized carbons (Fsp3) is 0.323. The highest BCUT2D eigenvalue weighted by molar-refractivity contribution is 6.00. The van der Waals surface area contributed by atoms with Crippen LogP contribution in [0.5, 0.6) is 0 Å². The minimum Gasteiger partial charge on any atom is -0.340 e. The van der Waals surface area contributed by atoms with Crippen LogP contribution in [0.2, 0.25) is 0 Å². The first kappa shape index (κ1) is 30.1. The number of benzene rings is 2. The largest absolute Gasteiger partial charge is 0.433 e. The maximum Gasteiger partial charge on any atom is 0.433 e. The second-order valence-corrected chi connectivity index (χ2v) is 11.2. The van der Waals surface area contributed by atoms with Crippen LogP contribution in [0.15, 0.2) is 66.9 Å². The number of pyridine rings is 1. The van der Waals surface area contributed by atoms with Crippen molar-refractivity contribution in [3.05, 3.63) is 94.9 Å². The molecule has 6 rings (SSSR count). The van der Waals surface area contributed by atoms with Gasteiger partial charge in [-0.2, -0.15) is 31.6 Å².